The second-order valence-corrected chi connectivity index (χ2v) is 4.78. The van der Waals surface area contributed by atoms with Gasteiger partial charge in [0.05, 0.1) is 21.3 Å². The van der Waals surface area contributed by atoms with Gasteiger partial charge in [-0.3, -0.25) is 4.79 Å². The van der Waals surface area contributed by atoms with E-state index < -0.39 is 5.43 Å². The Balaban J connectivity index is 2.58. The predicted octanol–water partition coefficient (Wildman–Crippen LogP) is 2.38. The normalized spacial score (nSPS) is 10.9. The molecular weight excluding hydrogens is 304 g/mol. The van der Waals surface area contributed by atoms with E-state index in [-0.39, 0.29) is 44.9 Å². The molecule has 0 amide bonds. The van der Waals surface area contributed by atoms with Gasteiger partial charge in [-0.1, -0.05) is 0 Å². The number of hydrogen-bond donors (Lipinski definition) is 2. The lowest BCUT2D eigenvalue weighted by Crippen LogP contribution is -2.05. The molecule has 120 valence electrons. The molecule has 0 bridgehead atoms. The number of phenolic OH excluding ortho intramolecular Hbond substituents is 2. The topological polar surface area (TPSA) is 98.4 Å². The van der Waals surface area contributed by atoms with E-state index in [0.717, 1.165) is 0 Å². The summed E-state index contributed by atoms with van der Waals surface area (Å²) in [7, 11) is 4.18. The molecule has 0 aliphatic rings. The van der Waals surface area contributed by atoms with Crippen molar-refractivity contribution < 1.29 is 28.8 Å². The van der Waals surface area contributed by atoms with Crippen LogP contribution in [0.1, 0.15) is 0 Å². The van der Waals surface area contributed by atoms with Crippen molar-refractivity contribution in [2.45, 2.75) is 0 Å². The SMILES string of the molecule is COc1cc(O)c2c(=O)c3c(O)c(OC)cc(OC)c3oc2c1. The molecule has 0 saturated heterocycles. The number of phenols is 2. The number of hydrogen-bond acceptors (Lipinski definition) is 7. The molecule has 3 rings (SSSR count). The van der Waals surface area contributed by atoms with E-state index in [0.29, 0.717) is 5.75 Å². The molecule has 0 aliphatic heterocycles. The molecule has 2 aromatic carbocycles. The molecule has 23 heavy (non-hydrogen) atoms. The fourth-order valence-electron chi connectivity index (χ4n) is 2.46. The van der Waals surface area contributed by atoms with Crippen LogP contribution in [0.15, 0.2) is 27.4 Å². The molecule has 0 fully saturated rings. The van der Waals surface area contributed by atoms with E-state index in [9.17, 15) is 15.0 Å². The van der Waals surface area contributed by atoms with E-state index in [2.05, 4.69) is 0 Å². The molecule has 0 radical (unpaired) electrons. The molecule has 7 nitrogen and oxygen atoms in total. The van der Waals surface area contributed by atoms with Gasteiger partial charge < -0.3 is 28.8 Å². The lowest BCUT2D eigenvalue weighted by Gasteiger charge is -2.12. The minimum absolute atomic E-state index is 0.0518. The molecule has 1 aromatic heterocycles. The molecule has 0 spiro atoms. The minimum atomic E-state index is -0.601. The van der Waals surface area contributed by atoms with Gasteiger partial charge in [0.1, 0.15) is 27.9 Å². The number of benzene rings is 2. The third-order valence-corrected chi connectivity index (χ3v) is 3.58. The van der Waals surface area contributed by atoms with Crippen molar-refractivity contribution in [3.05, 3.63) is 28.4 Å². The summed E-state index contributed by atoms with van der Waals surface area (Å²) >= 11 is 0. The van der Waals surface area contributed by atoms with Crippen LogP contribution in [0.25, 0.3) is 21.9 Å². The lowest BCUT2D eigenvalue weighted by molar-refractivity contribution is 0.366. The van der Waals surface area contributed by atoms with E-state index in [1.807, 2.05) is 0 Å². The maximum atomic E-state index is 12.7. The largest absolute Gasteiger partial charge is 0.507 e. The molecule has 0 aliphatic carbocycles. The quantitative estimate of drug-likeness (QED) is 0.715. The summed E-state index contributed by atoms with van der Waals surface area (Å²) in [5.41, 5.74) is -0.436. The first kappa shape index (κ1) is 14.8. The smallest absolute Gasteiger partial charge is 0.208 e. The van der Waals surface area contributed by atoms with Gasteiger partial charge in [-0.2, -0.15) is 0 Å². The second kappa shape index (κ2) is 5.28. The van der Waals surface area contributed by atoms with Gasteiger partial charge in [0.2, 0.25) is 5.43 Å². The first-order valence-electron chi connectivity index (χ1n) is 6.63. The summed E-state index contributed by atoms with van der Waals surface area (Å²) in [4.78, 5) is 12.7. The molecular formula is C16H14O7. The predicted molar refractivity (Wildman–Crippen MR) is 83.0 cm³/mol. The van der Waals surface area contributed by atoms with Crippen LogP contribution in [-0.2, 0) is 0 Å². The Bertz CT molecular complexity index is 972. The summed E-state index contributed by atoms with van der Waals surface area (Å²) < 4.78 is 21.0. The average molecular weight is 318 g/mol. The van der Waals surface area contributed by atoms with Crippen LogP contribution in [0.5, 0.6) is 28.7 Å². The fraction of sp³-hybridized carbons (Fsp3) is 0.188. The summed E-state index contributed by atoms with van der Waals surface area (Å²) in [6.07, 6.45) is 0. The van der Waals surface area contributed by atoms with Crippen molar-refractivity contribution in [3.8, 4) is 28.7 Å². The van der Waals surface area contributed by atoms with E-state index in [4.69, 9.17) is 18.6 Å². The molecule has 0 saturated carbocycles. The summed E-state index contributed by atoms with van der Waals surface area (Å²) in [5.74, 6) is -0.0792. The zero-order chi connectivity index (χ0) is 16.7. The van der Waals surface area contributed by atoms with Crippen LogP contribution in [-0.4, -0.2) is 31.5 Å². The van der Waals surface area contributed by atoms with Gasteiger partial charge in [-0.05, 0) is 0 Å². The fourth-order valence-corrected chi connectivity index (χ4v) is 2.46. The molecule has 1 heterocycles. The highest BCUT2D eigenvalue weighted by Gasteiger charge is 2.22. The van der Waals surface area contributed by atoms with Crippen molar-refractivity contribution in [1.29, 1.82) is 0 Å². The highest BCUT2D eigenvalue weighted by atomic mass is 16.5. The zero-order valence-electron chi connectivity index (χ0n) is 12.7. The molecule has 0 unspecified atom stereocenters. The first-order valence-corrected chi connectivity index (χ1v) is 6.63. The van der Waals surface area contributed by atoms with Gasteiger partial charge >= 0.3 is 0 Å². The number of methoxy groups -OCH3 is 3. The van der Waals surface area contributed by atoms with E-state index in [1.165, 1.54) is 39.5 Å². The van der Waals surface area contributed by atoms with Crippen LogP contribution in [0.2, 0.25) is 0 Å². The Morgan fingerprint density at radius 3 is 2.22 bits per heavy atom. The van der Waals surface area contributed by atoms with Gasteiger partial charge in [-0.15, -0.1) is 0 Å². The zero-order valence-corrected chi connectivity index (χ0v) is 12.7. The van der Waals surface area contributed by atoms with Crippen LogP contribution >= 0.6 is 0 Å². The summed E-state index contributed by atoms with van der Waals surface area (Å²) in [5, 5.41) is 20.1. The Kier molecular flexibility index (Phi) is 3.40. The van der Waals surface area contributed by atoms with Gasteiger partial charge in [0.15, 0.2) is 22.8 Å². The van der Waals surface area contributed by atoms with Crippen molar-refractivity contribution in [3.63, 3.8) is 0 Å². The highest BCUT2D eigenvalue weighted by molar-refractivity contribution is 5.99. The standard InChI is InChI=1S/C16H14O7/c1-20-7-4-8(17)12-9(5-7)23-16-11(22-3)6-10(21-2)14(18)13(16)15(12)19/h4-6,17-18H,1-3H3. The molecule has 2 N–H and O–H groups in total. The number of ether oxygens (including phenoxy) is 3. The van der Waals surface area contributed by atoms with Crippen LogP contribution in [0.4, 0.5) is 0 Å². The number of aromatic hydroxyl groups is 2. The Labute approximate surface area is 130 Å². The van der Waals surface area contributed by atoms with E-state index in [1.54, 1.807) is 0 Å². The number of rotatable bonds is 3. The molecule has 7 heteroatoms. The number of fused-ring (bicyclic) bond motifs is 2. The van der Waals surface area contributed by atoms with Gasteiger partial charge in [0.25, 0.3) is 0 Å². The molecule has 0 atom stereocenters. The Hall–Kier alpha value is -3.09. The van der Waals surface area contributed by atoms with Crippen molar-refractivity contribution >= 4 is 21.9 Å². The van der Waals surface area contributed by atoms with Gasteiger partial charge in [0, 0.05) is 18.2 Å². The maximum Gasteiger partial charge on any atom is 0.208 e. The molecule has 3 aromatic rings. The highest BCUT2D eigenvalue weighted by Crippen LogP contribution is 2.41. The Morgan fingerprint density at radius 2 is 1.61 bits per heavy atom. The van der Waals surface area contributed by atoms with Crippen LogP contribution in [0, 0.1) is 0 Å². The third kappa shape index (κ3) is 2.09. The average Bonchev–Trinajstić information content (AvgIpc) is 2.54. The Morgan fingerprint density at radius 1 is 0.913 bits per heavy atom. The van der Waals surface area contributed by atoms with Crippen LogP contribution in [0.3, 0.4) is 0 Å². The summed E-state index contributed by atoms with van der Waals surface area (Å²) in [6, 6.07) is 4.17. The monoisotopic (exact) mass is 318 g/mol. The minimum Gasteiger partial charge on any atom is -0.507 e. The van der Waals surface area contributed by atoms with Gasteiger partial charge in [-0.25, -0.2) is 0 Å². The van der Waals surface area contributed by atoms with Crippen LogP contribution < -0.4 is 19.6 Å². The van der Waals surface area contributed by atoms with Crippen molar-refractivity contribution in [2.24, 2.45) is 0 Å². The maximum absolute atomic E-state index is 12.7. The van der Waals surface area contributed by atoms with Crippen molar-refractivity contribution in [2.75, 3.05) is 21.3 Å². The first-order chi connectivity index (χ1) is 11.0. The van der Waals surface area contributed by atoms with Crippen molar-refractivity contribution in [1.82, 2.24) is 0 Å². The summed E-state index contributed by atoms with van der Waals surface area (Å²) in [6.45, 7) is 0. The lowest BCUT2D eigenvalue weighted by atomic mass is 10.1. The van der Waals surface area contributed by atoms with E-state index >= 15 is 0 Å². The third-order valence-electron chi connectivity index (χ3n) is 3.58. The second-order valence-electron chi connectivity index (χ2n) is 4.78.